The largest absolute Gasteiger partial charge is 0.348 e. The van der Waals surface area contributed by atoms with E-state index in [4.69, 9.17) is 0 Å². The normalized spacial score (nSPS) is 15.8. The van der Waals surface area contributed by atoms with Crippen molar-refractivity contribution in [2.24, 2.45) is 0 Å². The number of amides is 2. The fourth-order valence-corrected chi connectivity index (χ4v) is 4.51. The maximum Gasteiger partial charge on any atom is 0.254 e. The topological polar surface area (TPSA) is 45.6 Å². The monoisotopic (exact) mass is 443 g/mol. The summed E-state index contributed by atoms with van der Waals surface area (Å²) in [5.41, 5.74) is 4.01. The quantitative estimate of drug-likeness (QED) is 0.564. The van der Waals surface area contributed by atoms with Crippen LogP contribution in [-0.2, 0) is 16.8 Å². The number of rotatable bonds is 5. The Labute approximate surface area is 196 Å². The van der Waals surface area contributed by atoms with Gasteiger partial charge in [0.2, 0.25) is 5.91 Å². The van der Waals surface area contributed by atoms with Crippen molar-refractivity contribution in [2.45, 2.75) is 45.7 Å². The third-order valence-corrected chi connectivity index (χ3v) is 6.47. The summed E-state index contributed by atoms with van der Waals surface area (Å²) in [7, 11) is 0. The van der Waals surface area contributed by atoms with Gasteiger partial charge in [-0.2, -0.15) is 0 Å². The van der Waals surface area contributed by atoms with Crippen LogP contribution in [0.25, 0.3) is 0 Å². The number of carbonyl (C=O) groups excluding carboxylic acids is 2. The molecule has 0 aliphatic carbocycles. The van der Waals surface area contributed by atoms with Gasteiger partial charge in [-0.3, -0.25) is 9.59 Å². The Hall–Kier alpha value is -3.34. The minimum Gasteiger partial charge on any atom is -0.348 e. The van der Waals surface area contributed by atoms with Gasteiger partial charge in [0, 0.05) is 37.1 Å². The molecule has 2 heterocycles. The molecule has 5 heteroatoms. The van der Waals surface area contributed by atoms with Gasteiger partial charge in [0.15, 0.2) is 0 Å². The third kappa shape index (κ3) is 4.72. The number of aromatic nitrogens is 1. The molecule has 2 aromatic carbocycles. The van der Waals surface area contributed by atoms with Gasteiger partial charge < -0.3 is 14.4 Å². The van der Waals surface area contributed by atoms with Gasteiger partial charge in [-0.05, 0) is 47.7 Å². The second kappa shape index (κ2) is 9.26. The number of carbonyl (C=O) groups is 2. The molecule has 4 rings (SSSR count). The van der Waals surface area contributed by atoms with Crippen molar-refractivity contribution in [1.29, 1.82) is 0 Å². The fourth-order valence-electron chi connectivity index (χ4n) is 4.51. The summed E-state index contributed by atoms with van der Waals surface area (Å²) >= 11 is 0. The minimum absolute atomic E-state index is 0.0281. The second-order valence-electron chi connectivity index (χ2n) is 9.67. The molecule has 172 valence electrons. The van der Waals surface area contributed by atoms with E-state index in [2.05, 4.69) is 49.7 Å². The van der Waals surface area contributed by atoms with Crippen molar-refractivity contribution in [1.82, 2.24) is 14.4 Å². The lowest BCUT2D eigenvalue weighted by Crippen LogP contribution is -2.48. The molecule has 0 N–H and O–H groups in total. The average molecular weight is 444 g/mol. The summed E-state index contributed by atoms with van der Waals surface area (Å²) in [6, 6.07) is 21.8. The summed E-state index contributed by atoms with van der Waals surface area (Å²) in [6.07, 6.45) is 2.07. The first kappa shape index (κ1) is 22.8. The molecule has 3 aromatic rings. The van der Waals surface area contributed by atoms with Crippen LogP contribution in [-0.4, -0.2) is 45.8 Å². The zero-order valence-corrected chi connectivity index (χ0v) is 20.0. The Morgan fingerprint density at radius 1 is 0.939 bits per heavy atom. The number of hydrogen-bond donors (Lipinski definition) is 0. The molecule has 1 atom stereocenters. The smallest absolute Gasteiger partial charge is 0.254 e. The standard InChI is InChI=1S/C28H33N3O2/c1-5-29(27(33)22-13-15-23(16-14-22)28(2,3)4)20-25(32)31-19-18-30-17-9-12-24(30)26(31)21-10-7-6-8-11-21/h6-17,26H,5,18-20H2,1-4H3. The van der Waals surface area contributed by atoms with Crippen molar-refractivity contribution in [2.75, 3.05) is 19.6 Å². The van der Waals surface area contributed by atoms with Gasteiger partial charge in [0.1, 0.15) is 6.54 Å². The highest BCUT2D eigenvalue weighted by molar-refractivity contribution is 5.96. The second-order valence-corrected chi connectivity index (χ2v) is 9.67. The van der Waals surface area contributed by atoms with E-state index in [1.54, 1.807) is 4.90 Å². The molecule has 2 amide bonds. The van der Waals surface area contributed by atoms with Gasteiger partial charge in [0.25, 0.3) is 5.91 Å². The summed E-state index contributed by atoms with van der Waals surface area (Å²) in [5.74, 6) is -0.138. The summed E-state index contributed by atoms with van der Waals surface area (Å²) in [6.45, 7) is 10.3. The first-order valence-electron chi connectivity index (χ1n) is 11.7. The molecule has 1 aliphatic heterocycles. The molecule has 5 nitrogen and oxygen atoms in total. The lowest BCUT2D eigenvalue weighted by Gasteiger charge is -2.38. The van der Waals surface area contributed by atoms with Gasteiger partial charge >= 0.3 is 0 Å². The van der Waals surface area contributed by atoms with Crippen LogP contribution in [0, 0.1) is 0 Å². The number of benzene rings is 2. The Morgan fingerprint density at radius 3 is 2.27 bits per heavy atom. The number of likely N-dealkylation sites (N-methyl/N-ethyl adjacent to an activating group) is 1. The molecule has 0 fully saturated rings. The molecule has 0 saturated carbocycles. The number of fused-ring (bicyclic) bond motifs is 1. The van der Waals surface area contributed by atoms with Crippen LogP contribution in [0.3, 0.4) is 0 Å². The van der Waals surface area contributed by atoms with Gasteiger partial charge in [-0.1, -0.05) is 63.2 Å². The van der Waals surface area contributed by atoms with Crippen LogP contribution in [0.4, 0.5) is 0 Å². The molecular formula is C28H33N3O2. The molecule has 0 bridgehead atoms. The highest BCUT2D eigenvalue weighted by atomic mass is 16.2. The minimum atomic E-state index is -0.151. The molecule has 1 aliphatic rings. The molecule has 0 radical (unpaired) electrons. The predicted molar refractivity (Wildman–Crippen MR) is 131 cm³/mol. The molecule has 1 unspecified atom stereocenters. The summed E-state index contributed by atoms with van der Waals surface area (Å²) in [4.78, 5) is 30.3. The predicted octanol–water partition coefficient (Wildman–Crippen LogP) is 4.88. The van der Waals surface area contributed by atoms with Crippen molar-refractivity contribution in [3.63, 3.8) is 0 Å². The Kier molecular flexibility index (Phi) is 6.41. The fraction of sp³-hybridized carbons (Fsp3) is 0.357. The van der Waals surface area contributed by atoms with Gasteiger partial charge in [-0.15, -0.1) is 0 Å². The van der Waals surface area contributed by atoms with Gasteiger partial charge in [-0.25, -0.2) is 0 Å². The maximum absolute atomic E-state index is 13.5. The van der Waals surface area contributed by atoms with Crippen molar-refractivity contribution in [3.05, 3.63) is 95.3 Å². The Morgan fingerprint density at radius 2 is 1.64 bits per heavy atom. The van der Waals surface area contributed by atoms with E-state index >= 15 is 0 Å². The SMILES string of the molecule is CCN(CC(=O)N1CCn2cccc2C1c1ccccc1)C(=O)c1ccc(C(C)(C)C)cc1. The molecule has 1 aromatic heterocycles. The third-order valence-electron chi connectivity index (χ3n) is 6.47. The number of hydrogen-bond acceptors (Lipinski definition) is 2. The van der Waals surface area contributed by atoms with E-state index in [1.165, 1.54) is 5.56 Å². The Bertz CT molecular complexity index is 1110. The van der Waals surface area contributed by atoms with E-state index in [-0.39, 0.29) is 29.8 Å². The van der Waals surface area contributed by atoms with E-state index in [1.807, 2.05) is 60.4 Å². The van der Waals surface area contributed by atoms with E-state index in [0.717, 1.165) is 17.8 Å². The van der Waals surface area contributed by atoms with Crippen LogP contribution in [0.5, 0.6) is 0 Å². The number of nitrogens with zero attached hydrogens (tertiary/aromatic N) is 3. The Balaban J connectivity index is 1.55. The van der Waals surface area contributed by atoms with Crippen LogP contribution in [0.2, 0.25) is 0 Å². The lowest BCUT2D eigenvalue weighted by atomic mass is 9.86. The molecule has 33 heavy (non-hydrogen) atoms. The van der Waals surface area contributed by atoms with E-state index in [0.29, 0.717) is 18.7 Å². The van der Waals surface area contributed by atoms with E-state index in [9.17, 15) is 9.59 Å². The van der Waals surface area contributed by atoms with Crippen LogP contribution < -0.4 is 0 Å². The van der Waals surface area contributed by atoms with Crippen molar-refractivity contribution >= 4 is 11.8 Å². The maximum atomic E-state index is 13.5. The lowest BCUT2D eigenvalue weighted by molar-refractivity contribution is -0.134. The summed E-state index contributed by atoms with van der Waals surface area (Å²) < 4.78 is 2.21. The molecular weight excluding hydrogens is 410 g/mol. The van der Waals surface area contributed by atoms with Crippen LogP contribution in [0.15, 0.2) is 72.9 Å². The van der Waals surface area contributed by atoms with Crippen molar-refractivity contribution < 1.29 is 9.59 Å². The first-order valence-corrected chi connectivity index (χ1v) is 11.7. The highest BCUT2D eigenvalue weighted by Gasteiger charge is 2.33. The van der Waals surface area contributed by atoms with Crippen molar-refractivity contribution in [3.8, 4) is 0 Å². The summed E-state index contributed by atoms with van der Waals surface area (Å²) in [5, 5.41) is 0. The first-order chi connectivity index (χ1) is 15.8. The van der Waals surface area contributed by atoms with Crippen LogP contribution in [0.1, 0.15) is 60.9 Å². The van der Waals surface area contributed by atoms with Gasteiger partial charge in [0.05, 0.1) is 6.04 Å². The zero-order chi connectivity index (χ0) is 23.6. The highest BCUT2D eigenvalue weighted by Crippen LogP contribution is 2.32. The zero-order valence-electron chi connectivity index (χ0n) is 20.0. The average Bonchev–Trinajstić information content (AvgIpc) is 3.30. The molecule has 0 spiro atoms. The van der Waals surface area contributed by atoms with Crippen LogP contribution >= 0.6 is 0 Å². The molecule has 0 saturated heterocycles. The van der Waals surface area contributed by atoms with E-state index < -0.39 is 0 Å².